The maximum atomic E-state index is 11.8. The molecular weight excluding hydrogens is 336 g/mol. The number of hydrogen-bond acceptors (Lipinski definition) is 6. The molecule has 1 unspecified atom stereocenters. The molecule has 1 N–H and O–H groups in total. The summed E-state index contributed by atoms with van der Waals surface area (Å²) in [6.07, 6.45) is 5.15. The van der Waals surface area contributed by atoms with Gasteiger partial charge in [0, 0.05) is 30.8 Å². The lowest BCUT2D eigenvalue weighted by Gasteiger charge is -2.35. The second-order valence-electron chi connectivity index (χ2n) is 7.15. The number of likely N-dealkylation sites (tertiary alicyclic amines) is 1. The Morgan fingerprint density at radius 1 is 1.32 bits per heavy atom. The van der Waals surface area contributed by atoms with Gasteiger partial charge in [-0.15, -0.1) is 0 Å². The summed E-state index contributed by atoms with van der Waals surface area (Å²) in [6, 6.07) is 5.56. The van der Waals surface area contributed by atoms with Crippen molar-refractivity contribution in [1.82, 2.24) is 14.9 Å². The van der Waals surface area contributed by atoms with Crippen LogP contribution in [0.4, 0.5) is 5.82 Å². The Hall–Kier alpha value is -1.73. The molecule has 6 nitrogen and oxygen atoms in total. The zero-order chi connectivity index (χ0) is 18.0. The molecule has 0 spiro atoms. The second-order valence-corrected chi connectivity index (χ2v) is 9.17. The number of aromatic nitrogens is 2. The van der Waals surface area contributed by atoms with Crippen molar-refractivity contribution >= 4 is 26.6 Å². The number of piperidine rings is 1. The molecule has 1 aliphatic rings. The Labute approximate surface area is 149 Å². The van der Waals surface area contributed by atoms with E-state index in [0.29, 0.717) is 22.7 Å². The zero-order valence-corrected chi connectivity index (χ0v) is 15.9. The quantitative estimate of drug-likeness (QED) is 0.881. The van der Waals surface area contributed by atoms with Crippen LogP contribution in [-0.2, 0) is 9.84 Å². The molecule has 0 bridgehead atoms. The number of benzene rings is 1. The van der Waals surface area contributed by atoms with Crippen LogP contribution in [0.5, 0.6) is 0 Å². The largest absolute Gasteiger partial charge is 0.369 e. The lowest BCUT2D eigenvalue weighted by molar-refractivity contribution is 0.145. The first-order chi connectivity index (χ1) is 11.8. The third-order valence-electron chi connectivity index (χ3n) is 4.87. The minimum atomic E-state index is -3.25. The summed E-state index contributed by atoms with van der Waals surface area (Å²) in [6.45, 7) is 7.56. The Morgan fingerprint density at radius 2 is 2.12 bits per heavy atom. The van der Waals surface area contributed by atoms with E-state index in [2.05, 4.69) is 34.0 Å². The number of nitrogens with one attached hydrogen (secondary N) is 1. The summed E-state index contributed by atoms with van der Waals surface area (Å²) in [5.74, 6) is 1.27. The van der Waals surface area contributed by atoms with Crippen molar-refractivity contribution in [3.05, 3.63) is 24.5 Å². The SMILES string of the molecule is CC(C)N1CCCC(CNc2ncnc3ccc(S(C)(=O)=O)cc23)C1. The van der Waals surface area contributed by atoms with E-state index in [1.807, 2.05) is 0 Å². The van der Waals surface area contributed by atoms with Crippen LogP contribution in [-0.4, -0.2) is 55.2 Å². The molecule has 1 fully saturated rings. The molecule has 25 heavy (non-hydrogen) atoms. The first-order valence-electron chi connectivity index (χ1n) is 8.77. The fourth-order valence-corrected chi connectivity index (χ4v) is 4.03. The van der Waals surface area contributed by atoms with Gasteiger partial charge in [-0.1, -0.05) is 0 Å². The molecule has 2 heterocycles. The van der Waals surface area contributed by atoms with E-state index < -0.39 is 9.84 Å². The minimum Gasteiger partial charge on any atom is -0.369 e. The molecule has 1 atom stereocenters. The van der Waals surface area contributed by atoms with Gasteiger partial charge < -0.3 is 10.2 Å². The van der Waals surface area contributed by atoms with Gasteiger partial charge >= 0.3 is 0 Å². The molecular formula is C18H26N4O2S. The van der Waals surface area contributed by atoms with E-state index >= 15 is 0 Å². The highest BCUT2D eigenvalue weighted by Crippen LogP contribution is 2.24. The predicted octanol–water partition coefficient (Wildman–Crippen LogP) is 2.57. The fraction of sp³-hybridized carbons (Fsp3) is 0.556. The molecule has 1 saturated heterocycles. The number of nitrogens with zero attached hydrogens (tertiary/aromatic N) is 3. The highest BCUT2D eigenvalue weighted by molar-refractivity contribution is 7.90. The molecule has 3 rings (SSSR count). The fourth-order valence-electron chi connectivity index (χ4n) is 3.38. The van der Waals surface area contributed by atoms with Gasteiger partial charge in [-0.05, 0) is 57.4 Å². The molecule has 1 aliphatic heterocycles. The first kappa shape index (κ1) is 18.1. The molecule has 0 aliphatic carbocycles. The maximum absolute atomic E-state index is 11.8. The normalized spacial score (nSPS) is 19.4. The summed E-state index contributed by atoms with van der Waals surface area (Å²) in [5.41, 5.74) is 0.748. The first-order valence-corrected chi connectivity index (χ1v) is 10.7. The molecule has 2 aromatic rings. The van der Waals surface area contributed by atoms with Gasteiger partial charge in [0.25, 0.3) is 0 Å². The Morgan fingerprint density at radius 3 is 2.84 bits per heavy atom. The number of hydrogen-bond donors (Lipinski definition) is 1. The van der Waals surface area contributed by atoms with Crippen molar-refractivity contribution in [1.29, 1.82) is 0 Å². The second kappa shape index (κ2) is 7.25. The number of fused-ring (bicyclic) bond motifs is 1. The van der Waals surface area contributed by atoms with Crippen molar-refractivity contribution in [3.63, 3.8) is 0 Å². The van der Waals surface area contributed by atoms with Crippen molar-refractivity contribution in [3.8, 4) is 0 Å². The Kier molecular flexibility index (Phi) is 5.24. The van der Waals surface area contributed by atoms with Gasteiger partial charge in [0.05, 0.1) is 10.4 Å². The van der Waals surface area contributed by atoms with Gasteiger partial charge in [0.2, 0.25) is 0 Å². The maximum Gasteiger partial charge on any atom is 0.175 e. The predicted molar refractivity (Wildman–Crippen MR) is 101 cm³/mol. The van der Waals surface area contributed by atoms with E-state index in [0.717, 1.165) is 24.0 Å². The molecule has 1 aromatic carbocycles. The smallest absolute Gasteiger partial charge is 0.175 e. The summed E-state index contributed by atoms with van der Waals surface area (Å²) in [5, 5.41) is 4.17. The van der Waals surface area contributed by atoms with Crippen LogP contribution in [0.25, 0.3) is 10.9 Å². The summed E-state index contributed by atoms with van der Waals surface area (Å²) < 4.78 is 23.7. The van der Waals surface area contributed by atoms with Crippen LogP contribution in [0.3, 0.4) is 0 Å². The minimum absolute atomic E-state index is 0.293. The van der Waals surface area contributed by atoms with Crippen molar-refractivity contribution in [2.24, 2.45) is 5.92 Å². The summed E-state index contributed by atoms with van der Waals surface area (Å²) in [7, 11) is -3.25. The van der Waals surface area contributed by atoms with Gasteiger partial charge in [-0.25, -0.2) is 18.4 Å². The number of rotatable bonds is 5. The molecule has 1 aromatic heterocycles. The molecule has 0 amide bonds. The van der Waals surface area contributed by atoms with E-state index in [1.54, 1.807) is 18.2 Å². The van der Waals surface area contributed by atoms with Gasteiger partial charge in [-0.2, -0.15) is 0 Å². The molecule has 0 radical (unpaired) electrons. The van der Waals surface area contributed by atoms with Crippen LogP contribution in [0, 0.1) is 5.92 Å². The highest BCUT2D eigenvalue weighted by atomic mass is 32.2. The van der Waals surface area contributed by atoms with E-state index in [4.69, 9.17) is 0 Å². The standard InChI is InChI=1S/C18H26N4O2S/c1-13(2)22-8-4-5-14(11-22)10-19-18-16-9-15(25(3,23)24)6-7-17(16)20-12-21-18/h6-7,9,12-14H,4-5,8,10-11H2,1-3H3,(H,19,20,21). The molecule has 0 saturated carbocycles. The van der Waals surface area contributed by atoms with Crippen LogP contribution < -0.4 is 5.32 Å². The molecule has 136 valence electrons. The van der Waals surface area contributed by atoms with Gasteiger partial charge in [0.1, 0.15) is 12.1 Å². The molecule has 7 heteroatoms. The topological polar surface area (TPSA) is 75.2 Å². The van der Waals surface area contributed by atoms with Crippen molar-refractivity contribution in [2.75, 3.05) is 31.2 Å². The lowest BCUT2D eigenvalue weighted by Crippen LogP contribution is -2.41. The van der Waals surface area contributed by atoms with Crippen LogP contribution >= 0.6 is 0 Å². The highest BCUT2D eigenvalue weighted by Gasteiger charge is 2.21. The Bertz CT molecular complexity index is 851. The van der Waals surface area contributed by atoms with Crippen LogP contribution in [0.1, 0.15) is 26.7 Å². The van der Waals surface area contributed by atoms with Gasteiger partial charge in [0.15, 0.2) is 9.84 Å². The summed E-state index contributed by atoms with van der Waals surface area (Å²) in [4.78, 5) is 11.4. The van der Waals surface area contributed by atoms with Gasteiger partial charge in [-0.3, -0.25) is 0 Å². The summed E-state index contributed by atoms with van der Waals surface area (Å²) >= 11 is 0. The third-order valence-corrected chi connectivity index (χ3v) is 5.98. The third kappa shape index (κ3) is 4.27. The van der Waals surface area contributed by atoms with Crippen LogP contribution in [0.2, 0.25) is 0 Å². The van der Waals surface area contributed by atoms with E-state index in [1.165, 1.54) is 32.0 Å². The average Bonchev–Trinajstić information content (AvgIpc) is 2.59. The average molecular weight is 362 g/mol. The van der Waals surface area contributed by atoms with E-state index in [-0.39, 0.29) is 0 Å². The zero-order valence-electron chi connectivity index (χ0n) is 15.1. The monoisotopic (exact) mass is 362 g/mol. The van der Waals surface area contributed by atoms with Crippen molar-refractivity contribution < 1.29 is 8.42 Å². The number of sulfone groups is 1. The lowest BCUT2D eigenvalue weighted by atomic mass is 9.97. The van der Waals surface area contributed by atoms with E-state index in [9.17, 15) is 8.42 Å². The number of anilines is 1. The Balaban J connectivity index is 1.79. The van der Waals surface area contributed by atoms with Crippen LogP contribution in [0.15, 0.2) is 29.4 Å². The van der Waals surface area contributed by atoms with Crippen molar-refractivity contribution in [2.45, 2.75) is 37.6 Å².